The number of likely N-dealkylation sites (N-methyl/N-ethyl adjacent to an activating group) is 2. The van der Waals surface area contributed by atoms with E-state index in [1.165, 1.54) is 0 Å². The molecule has 15 heavy (non-hydrogen) atoms. The topological polar surface area (TPSA) is 23.6 Å². The van der Waals surface area contributed by atoms with Gasteiger partial charge in [-0.05, 0) is 40.0 Å². The number of rotatable bonds is 9. The summed E-state index contributed by atoms with van der Waals surface area (Å²) in [4.78, 5) is 15.5. The molecule has 0 aliphatic rings. The maximum absolute atomic E-state index is 10.8. The smallest absolute Gasteiger partial charge is 0.129 e. The predicted molar refractivity (Wildman–Crippen MR) is 65.2 cm³/mol. The molecule has 3 nitrogen and oxygen atoms in total. The van der Waals surface area contributed by atoms with Crippen molar-refractivity contribution in [3.63, 3.8) is 0 Å². The second kappa shape index (κ2) is 8.86. The monoisotopic (exact) mass is 214 g/mol. The van der Waals surface area contributed by atoms with Crippen molar-refractivity contribution < 1.29 is 4.79 Å². The Bertz CT molecular complexity index is 167. The lowest BCUT2D eigenvalue weighted by molar-refractivity contribution is -0.117. The normalized spacial score (nSPS) is 11.3. The highest BCUT2D eigenvalue weighted by atomic mass is 16.1. The van der Waals surface area contributed by atoms with Crippen LogP contribution in [0.4, 0.5) is 0 Å². The lowest BCUT2D eigenvalue weighted by Crippen LogP contribution is -2.33. The second-order valence-corrected chi connectivity index (χ2v) is 4.14. The summed E-state index contributed by atoms with van der Waals surface area (Å²) in [6.07, 6.45) is 1.71. The van der Waals surface area contributed by atoms with Crippen LogP contribution in [0.1, 0.15) is 33.6 Å². The zero-order valence-corrected chi connectivity index (χ0v) is 10.8. The molecule has 0 saturated carbocycles. The molecule has 0 bridgehead atoms. The molecule has 90 valence electrons. The number of hydrogen-bond acceptors (Lipinski definition) is 3. The molecule has 0 radical (unpaired) electrons. The Morgan fingerprint density at radius 2 is 1.67 bits per heavy atom. The first kappa shape index (κ1) is 14.6. The average Bonchev–Trinajstić information content (AvgIpc) is 2.18. The van der Waals surface area contributed by atoms with Crippen LogP contribution < -0.4 is 0 Å². The van der Waals surface area contributed by atoms with Crippen molar-refractivity contribution in [3.8, 4) is 0 Å². The minimum Gasteiger partial charge on any atom is -0.305 e. The number of nitrogens with zero attached hydrogens (tertiary/aromatic N) is 2. The van der Waals surface area contributed by atoms with Gasteiger partial charge < -0.3 is 14.6 Å². The van der Waals surface area contributed by atoms with Gasteiger partial charge in [-0.15, -0.1) is 0 Å². The van der Waals surface area contributed by atoms with Crippen molar-refractivity contribution in [2.75, 3.05) is 39.8 Å². The Morgan fingerprint density at radius 3 is 2.13 bits per heavy atom. The molecule has 0 aromatic carbocycles. The Balaban J connectivity index is 3.47. The summed E-state index contributed by atoms with van der Waals surface area (Å²) in [7, 11) is 2.13. The van der Waals surface area contributed by atoms with Gasteiger partial charge in [-0.3, -0.25) is 0 Å². The van der Waals surface area contributed by atoms with Gasteiger partial charge in [0.2, 0.25) is 0 Å². The van der Waals surface area contributed by atoms with Crippen LogP contribution in [-0.2, 0) is 4.79 Å². The molecule has 0 fully saturated rings. The van der Waals surface area contributed by atoms with Crippen molar-refractivity contribution >= 4 is 5.78 Å². The van der Waals surface area contributed by atoms with Gasteiger partial charge in [-0.1, -0.05) is 13.8 Å². The molecule has 0 N–H and O–H groups in total. The summed E-state index contributed by atoms with van der Waals surface area (Å²) in [6, 6.07) is 0. The Labute approximate surface area is 94.4 Å². The fourth-order valence-electron chi connectivity index (χ4n) is 1.56. The fraction of sp³-hybridized carbons (Fsp3) is 0.917. The van der Waals surface area contributed by atoms with Crippen molar-refractivity contribution in [1.82, 2.24) is 9.80 Å². The molecule has 0 aromatic heterocycles. The fourth-order valence-corrected chi connectivity index (χ4v) is 1.56. The molecule has 0 unspecified atom stereocenters. The minimum atomic E-state index is 0.298. The van der Waals surface area contributed by atoms with Gasteiger partial charge in [0, 0.05) is 19.5 Å². The highest BCUT2D eigenvalue weighted by Crippen LogP contribution is 1.95. The van der Waals surface area contributed by atoms with Crippen LogP contribution in [0.25, 0.3) is 0 Å². The summed E-state index contributed by atoms with van der Waals surface area (Å²) in [5.41, 5.74) is 0. The van der Waals surface area contributed by atoms with Crippen LogP contribution in [-0.4, -0.2) is 55.4 Å². The maximum atomic E-state index is 10.8. The number of Topliss-reactive ketones (excluding diaryl/α,β-unsaturated/α-hetero) is 1. The summed E-state index contributed by atoms with van der Waals surface area (Å²) in [5.74, 6) is 0.298. The zero-order valence-electron chi connectivity index (χ0n) is 10.8. The predicted octanol–water partition coefficient (Wildman–Crippen LogP) is 1.63. The number of hydrogen-bond donors (Lipinski definition) is 0. The Hall–Kier alpha value is -0.410. The number of ketones is 1. The van der Waals surface area contributed by atoms with E-state index in [1.807, 2.05) is 0 Å². The van der Waals surface area contributed by atoms with E-state index in [-0.39, 0.29) is 0 Å². The van der Waals surface area contributed by atoms with E-state index < -0.39 is 0 Å². The minimum absolute atomic E-state index is 0.298. The first-order chi connectivity index (χ1) is 7.10. The highest BCUT2D eigenvalue weighted by Gasteiger charge is 2.02. The zero-order chi connectivity index (χ0) is 11.7. The first-order valence-electron chi connectivity index (χ1n) is 6.00. The molecule has 0 rings (SSSR count). The number of carbonyl (C=O) groups excluding carboxylic acids is 1. The van der Waals surface area contributed by atoms with Crippen LogP contribution in [0.15, 0.2) is 0 Å². The molecule has 0 spiro atoms. The van der Waals surface area contributed by atoms with Gasteiger partial charge in [0.25, 0.3) is 0 Å². The van der Waals surface area contributed by atoms with Crippen LogP contribution in [0.3, 0.4) is 0 Å². The molecule has 0 saturated heterocycles. The molecular weight excluding hydrogens is 188 g/mol. The molecule has 0 aliphatic carbocycles. The van der Waals surface area contributed by atoms with E-state index >= 15 is 0 Å². The Kier molecular flexibility index (Phi) is 8.62. The van der Waals surface area contributed by atoms with Gasteiger partial charge in [-0.25, -0.2) is 0 Å². The van der Waals surface area contributed by atoms with E-state index in [1.54, 1.807) is 6.92 Å². The molecule has 0 atom stereocenters. The molecule has 0 aromatic rings. The molecule has 0 aliphatic heterocycles. The van der Waals surface area contributed by atoms with Crippen molar-refractivity contribution in [3.05, 3.63) is 0 Å². The van der Waals surface area contributed by atoms with E-state index in [0.717, 1.165) is 45.6 Å². The summed E-state index contributed by atoms with van der Waals surface area (Å²) in [5, 5.41) is 0. The summed E-state index contributed by atoms with van der Waals surface area (Å²) in [6.45, 7) is 11.5. The molecular formula is C12H26N2O. The van der Waals surface area contributed by atoms with E-state index in [4.69, 9.17) is 0 Å². The average molecular weight is 214 g/mol. The van der Waals surface area contributed by atoms with Gasteiger partial charge in [0.05, 0.1) is 0 Å². The molecule has 3 heteroatoms. The van der Waals surface area contributed by atoms with E-state index in [0.29, 0.717) is 5.78 Å². The third-order valence-electron chi connectivity index (χ3n) is 2.76. The first-order valence-corrected chi connectivity index (χ1v) is 6.00. The van der Waals surface area contributed by atoms with E-state index in [9.17, 15) is 4.79 Å². The molecule has 0 heterocycles. The van der Waals surface area contributed by atoms with E-state index in [2.05, 4.69) is 30.7 Å². The van der Waals surface area contributed by atoms with Crippen LogP contribution in [0, 0.1) is 0 Å². The van der Waals surface area contributed by atoms with Crippen molar-refractivity contribution in [1.29, 1.82) is 0 Å². The Morgan fingerprint density at radius 1 is 1.07 bits per heavy atom. The van der Waals surface area contributed by atoms with Crippen LogP contribution >= 0.6 is 0 Å². The van der Waals surface area contributed by atoms with Crippen molar-refractivity contribution in [2.24, 2.45) is 0 Å². The largest absolute Gasteiger partial charge is 0.305 e. The lowest BCUT2D eigenvalue weighted by atomic mass is 10.2. The second-order valence-electron chi connectivity index (χ2n) is 4.14. The SMILES string of the molecule is CCN(CC)CCN(C)CCCC(C)=O. The maximum Gasteiger partial charge on any atom is 0.129 e. The highest BCUT2D eigenvalue weighted by molar-refractivity contribution is 5.75. The van der Waals surface area contributed by atoms with Crippen molar-refractivity contribution in [2.45, 2.75) is 33.6 Å². The standard InChI is InChI=1S/C12H26N2O/c1-5-14(6-2)11-10-13(4)9-7-8-12(3)15/h5-11H2,1-4H3. The van der Waals surface area contributed by atoms with Gasteiger partial charge in [0.1, 0.15) is 5.78 Å². The van der Waals surface area contributed by atoms with Gasteiger partial charge >= 0.3 is 0 Å². The van der Waals surface area contributed by atoms with Crippen LogP contribution in [0.2, 0.25) is 0 Å². The molecule has 0 amide bonds. The lowest BCUT2D eigenvalue weighted by Gasteiger charge is -2.22. The summed E-state index contributed by atoms with van der Waals surface area (Å²) >= 11 is 0. The van der Waals surface area contributed by atoms with Gasteiger partial charge in [-0.2, -0.15) is 0 Å². The quantitative estimate of drug-likeness (QED) is 0.583. The third-order valence-corrected chi connectivity index (χ3v) is 2.76. The number of carbonyl (C=O) groups is 1. The van der Waals surface area contributed by atoms with Gasteiger partial charge in [0.15, 0.2) is 0 Å². The van der Waals surface area contributed by atoms with Crippen LogP contribution in [0.5, 0.6) is 0 Å². The third kappa shape index (κ3) is 8.58. The summed E-state index contributed by atoms with van der Waals surface area (Å²) < 4.78 is 0.